The number of nitrogens with one attached hydrogen (secondary N) is 1. The van der Waals surface area contributed by atoms with E-state index in [9.17, 15) is 4.79 Å². The molecule has 1 rings (SSSR count). The first-order valence-corrected chi connectivity index (χ1v) is 6.55. The van der Waals surface area contributed by atoms with Gasteiger partial charge in [-0.1, -0.05) is 0 Å². The van der Waals surface area contributed by atoms with Crippen molar-refractivity contribution in [2.75, 3.05) is 20.2 Å². The van der Waals surface area contributed by atoms with Crippen molar-refractivity contribution in [1.29, 1.82) is 0 Å². The van der Waals surface area contributed by atoms with Gasteiger partial charge in [-0.25, -0.2) is 18.1 Å². The van der Waals surface area contributed by atoms with Gasteiger partial charge in [-0.3, -0.25) is 9.45 Å². The highest BCUT2D eigenvalue weighted by Gasteiger charge is 2.32. The van der Waals surface area contributed by atoms with E-state index in [4.69, 9.17) is 22.6 Å². The molecule has 18 heavy (non-hydrogen) atoms. The molecule has 106 valence electrons. The highest BCUT2D eigenvalue weighted by molar-refractivity contribution is 7.79. The summed E-state index contributed by atoms with van der Waals surface area (Å²) in [7, 11) is -3.13. The van der Waals surface area contributed by atoms with Gasteiger partial charge in [0.1, 0.15) is 12.2 Å². The Morgan fingerprint density at radius 2 is 2.00 bits per heavy atom. The number of hydrogen-bond donors (Lipinski definition) is 3. The third-order valence-electron chi connectivity index (χ3n) is 2.52. The van der Waals surface area contributed by atoms with E-state index in [2.05, 4.69) is 0 Å². The predicted octanol–water partition coefficient (Wildman–Crippen LogP) is -1.77. The Bertz CT molecular complexity index is 411. The lowest BCUT2D eigenvalue weighted by molar-refractivity contribution is -0.780. The second-order valence-corrected chi connectivity index (χ2v) is 4.74. The van der Waals surface area contributed by atoms with E-state index < -0.39 is 10.4 Å². The van der Waals surface area contributed by atoms with Gasteiger partial charge in [0.05, 0.1) is 12.6 Å². The molecule has 9 heteroatoms. The van der Waals surface area contributed by atoms with Crippen molar-refractivity contribution in [2.24, 2.45) is 0 Å². The van der Waals surface area contributed by atoms with Crippen molar-refractivity contribution in [1.82, 2.24) is 4.90 Å². The zero-order valence-corrected chi connectivity index (χ0v) is 11.3. The summed E-state index contributed by atoms with van der Waals surface area (Å²) < 4.78 is 32.8. The molecule has 0 saturated heterocycles. The Hall–Kier alpha value is -1.00. The van der Waals surface area contributed by atoms with E-state index in [1.165, 1.54) is 0 Å². The fraction of sp³-hybridized carbons (Fsp3) is 0.667. The van der Waals surface area contributed by atoms with Crippen LogP contribution in [0.25, 0.3) is 0 Å². The van der Waals surface area contributed by atoms with Gasteiger partial charge in [0, 0.05) is 14.0 Å². The summed E-state index contributed by atoms with van der Waals surface area (Å²) in [4.78, 5) is 14.1. The molecule has 2 atom stereocenters. The standard InChI is InChI=1S/C9H16N2O2.H2O4S/c1-7-6-8(2)11(4-5-12)9(13)10(7)3;1-5(2,3)4/h6-7,12H,4-5H2,1-3H3;(H2,1,2,3,4). The van der Waals surface area contributed by atoms with Crippen LogP contribution in [0.5, 0.6) is 0 Å². The van der Waals surface area contributed by atoms with Crippen LogP contribution in [0.3, 0.4) is 0 Å². The number of amides is 2. The summed E-state index contributed by atoms with van der Waals surface area (Å²) in [6.45, 7) is 4.40. The van der Waals surface area contributed by atoms with Crippen LogP contribution in [0, 0.1) is 0 Å². The van der Waals surface area contributed by atoms with Crippen LogP contribution in [-0.4, -0.2) is 59.8 Å². The molecular weight excluding hydrogens is 264 g/mol. The summed E-state index contributed by atoms with van der Waals surface area (Å²) in [6.07, 6.45) is 2.05. The van der Waals surface area contributed by atoms with Gasteiger partial charge < -0.3 is 9.66 Å². The van der Waals surface area contributed by atoms with Crippen LogP contribution in [0.4, 0.5) is 4.79 Å². The normalized spacial score (nSPS) is 24.2. The third kappa shape index (κ3) is 6.07. The molecule has 0 aromatic rings. The van der Waals surface area contributed by atoms with Crippen molar-refractivity contribution < 1.29 is 32.3 Å². The maximum absolute atomic E-state index is 11.7. The number of rotatable bonds is 2. The lowest BCUT2D eigenvalue weighted by Gasteiger charge is -2.30. The van der Waals surface area contributed by atoms with Crippen molar-refractivity contribution in [2.45, 2.75) is 19.9 Å². The van der Waals surface area contributed by atoms with Crippen LogP contribution in [0.1, 0.15) is 13.8 Å². The summed E-state index contributed by atoms with van der Waals surface area (Å²) in [5.41, 5.74) is 1.00. The Kier molecular flexibility index (Phi) is 6.43. The molecular formula is C9H18N2O6S. The molecule has 0 saturated carbocycles. The minimum absolute atomic E-state index is 0.0362. The second-order valence-electron chi connectivity index (χ2n) is 3.89. The lowest BCUT2D eigenvalue weighted by atomic mass is 10.2. The summed E-state index contributed by atoms with van der Waals surface area (Å²) in [5.74, 6) is 0. The number of hydrogen-bond acceptors (Lipinski definition) is 5. The fourth-order valence-corrected chi connectivity index (χ4v) is 1.56. The number of quaternary nitrogens is 1. The topological polar surface area (TPSA) is 122 Å². The largest absolute Gasteiger partial charge is 0.726 e. The van der Waals surface area contributed by atoms with Crippen molar-refractivity contribution in [3.63, 3.8) is 0 Å². The summed E-state index contributed by atoms with van der Waals surface area (Å²) in [6, 6.07) is 0.205. The average molecular weight is 282 g/mol. The first-order valence-electron chi connectivity index (χ1n) is 5.18. The quantitative estimate of drug-likeness (QED) is 0.407. The maximum atomic E-state index is 11.7. The minimum Gasteiger partial charge on any atom is -0.726 e. The van der Waals surface area contributed by atoms with Crippen LogP contribution in [0.2, 0.25) is 0 Å². The number of allylic oxidation sites excluding steroid dienone is 1. The first-order chi connectivity index (χ1) is 8.07. The fourth-order valence-electron chi connectivity index (χ4n) is 1.56. The molecule has 0 fully saturated rings. The molecule has 3 N–H and O–H groups in total. The number of aliphatic hydroxyl groups is 1. The number of likely N-dealkylation sites (N-methyl/N-ethyl adjacent to an activating group) is 1. The molecule has 0 aromatic carbocycles. The van der Waals surface area contributed by atoms with E-state index in [1.54, 1.807) is 11.9 Å². The molecule has 0 radical (unpaired) electrons. The highest BCUT2D eigenvalue weighted by Crippen LogP contribution is 2.03. The van der Waals surface area contributed by atoms with E-state index in [0.29, 0.717) is 6.54 Å². The Balaban J connectivity index is 0.000000494. The smallest absolute Gasteiger partial charge is 0.422 e. The zero-order chi connectivity index (χ0) is 14.5. The van der Waals surface area contributed by atoms with Crippen molar-refractivity contribution in [3.05, 3.63) is 11.8 Å². The second kappa shape index (κ2) is 6.81. The van der Waals surface area contributed by atoms with Crippen molar-refractivity contribution in [3.8, 4) is 0 Å². The Morgan fingerprint density at radius 3 is 2.39 bits per heavy atom. The molecule has 0 aromatic heterocycles. The zero-order valence-electron chi connectivity index (χ0n) is 10.5. The van der Waals surface area contributed by atoms with Gasteiger partial charge >= 0.3 is 6.03 Å². The predicted molar refractivity (Wildman–Crippen MR) is 61.6 cm³/mol. The summed E-state index contributed by atoms with van der Waals surface area (Å²) in [5, 5.41) is 8.79. The molecule has 2 amide bonds. The van der Waals surface area contributed by atoms with Gasteiger partial charge in [-0.2, -0.15) is 0 Å². The SMILES string of the molecule is CC1=CC(C)N(C)C(=O)[NH+]1CCO.O=S(=O)([O-])O. The maximum Gasteiger partial charge on any atom is 0.422 e. The third-order valence-corrected chi connectivity index (χ3v) is 2.52. The number of aliphatic hydroxyl groups excluding tert-OH is 1. The molecule has 1 aliphatic heterocycles. The van der Waals surface area contributed by atoms with Crippen molar-refractivity contribution >= 4 is 16.4 Å². The number of carbonyl (C=O) groups is 1. The minimum atomic E-state index is -4.92. The van der Waals surface area contributed by atoms with Crippen LogP contribution >= 0.6 is 0 Å². The van der Waals surface area contributed by atoms with Gasteiger partial charge in [-0.05, 0) is 13.0 Å². The van der Waals surface area contributed by atoms with Gasteiger partial charge in [-0.15, -0.1) is 0 Å². The number of urea groups is 1. The molecule has 1 heterocycles. The molecule has 0 bridgehead atoms. The van der Waals surface area contributed by atoms with Crippen LogP contribution in [-0.2, 0) is 10.4 Å². The van der Waals surface area contributed by atoms with Gasteiger partial charge in [0.15, 0.2) is 0 Å². The Labute approximate surface area is 106 Å². The van der Waals surface area contributed by atoms with E-state index >= 15 is 0 Å². The highest BCUT2D eigenvalue weighted by atomic mass is 32.3. The van der Waals surface area contributed by atoms with Gasteiger partial charge in [0.25, 0.3) is 0 Å². The number of nitrogens with zero attached hydrogens (tertiary/aromatic N) is 1. The molecule has 1 aliphatic rings. The molecule has 2 unspecified atom stereocenters. The van der Waals surface area contributed by atoms with Crippen LogP contribution < -0.4 is 4.90 Å². The summed E-state index contributed by atoms with van der Waals surface area (Å²) >= 11 is 0. The van der Waals surface area contributed by atoms with E-state index in [1.807, 2.05) is 19.9 Å². The average Bonchev–Trinajstić information content (AvgIpc) is 2.19. The van der Waals surface area contributed by atoms with E-state index in [-0.39, 0.29) is 18.7 Å². The van der Waals surface area contributed by atoms with Crippen LogP contribution in [0.15, 0.2) is 11.8 Å². The lowest BCUT2D eigenvalue weighted by Crippen LogP contribution is -3.15. The molecule has 0 aliphatic carbocycles. The number of carbonyl (C=O) groups excluding carboxylic acids is 1. The molecule has 8 nitrogen and oxygen atoms in total. The van der Waals surface area contributed by atoms with Gasteiger partial charge in [0.2, 0.25) is 10.4 Å². The monoisotopic (exact) mass is 282 g/mol. The first kappa shape index (κ1) is 17.0. The van der Waals surface area contributed by atoms with E-state index in [0.717, 1.165) is 10.6 Å². The molecule has 0 spiro atoms. The Morgan fingerprint density at radius 1 is 1.56 bits per heavy atom.